The average Bonchev–Trinajstić information content (AvgIpc) is 3.13. The van der Waals surface area contributed by atoms with E-state index in [2.05, 4.69) is 5.10 Å². The van der Waals surface area contributed by atoms with Crippen molar-refractivity contribution in [3.8, 4) is 5.69 Å². The van der Waals surface area contributed by atoms with Gasteiger partial charge in [-0.2, -0.15) is 5.10 Å². The number of halogens is 1. The lowest BCUT2D eigenvalue weighted by molar-refractivity contribution is -0.129. The summed E-state index contributed by atoms with van der Waals surface area (Å²) < 4.78 is 6.97. The Balaban J connectivity index is 1.87. The minimum atomic E-state index is -0.536. The van der Waals surface area contributed by atoms with Crippen LogP contribution < -0.4 is 0 Å². The van der Waals surface area contributed by atoms with Crippen molar-refractivity contribution in [3.05, 3.63) is 45.9 Å². The lowest BCUT2D eigenvalue weighted by atomic mass is 9.91. The van der Waals surface area contributed by atoms with Crippen molar-refractivity contribution in [2.45, 2.75) is 27.7 Å². The van der Waals surface area contributed by atoms with Crippen LogP contribution in [0.5, 0.6) is 0 Å². The van der Waals surface area contributed by atoms with Crippen LogP contribution in [0.2, 0.25) is 5.02 Å². The number of ketones is 1. The predicted octanol–water partition coefficient (Wildman–Crippen LogP) is 4.82. The summed E-state index contributed by atoms with van der Waals surface area (Å²) in [6.45, 7) is 7.06. The number of Topliss-reactive ketones (excluding diaryl/α,β-unsaturated/α-hetero) is 1. The molecule has 5 nitrogen and oxygen atoms in total. The molecular formula is C19H19ClN2O3S. The molecule has 0 saturated carbocycles. The molecule has 0 saturated heterocycles. The van der Waals surface area contributed by atoms with Crippen molar-refractivity contribution in [1.29, 1.82) is 0 Å². The number of aromatic nitrogens is 2. The maximum Gasteiger partial charge on any atom is 0.348 e. The Morgan fingerprint density at radius 1 is 1.23 bits per heavy atom. The molecule has 3 aromatic rings. The van der Waals surface area contributed by atoms with Crippen LogP contribution in [0.1, 0.15) is 36.1 Å². The number of hydrogen-bond donors (Lipinski definition) is 0. The second kappa shape index (κ2) is 6.85. The fraction of sp³-hybridized carbons (Fsp3) is 0.316. The van der Waals surface area contributed by atoms with Gasteiger partial charge in [-0.25, -0.2) is 9.48 Å². The molecule has 136 valence electrons. The van der Waals surface area contributed by atoms with Crippen molar-refractivity contribution in [2.24, 2.45) is 5.41 Å². The first-order chi connectivity index (χ1) is 12.2. The number of carbonyl (C=O) groups is 2. The van der Waals surface area contributed by atoms with Crippen molar-refractivity contribution < 1.29 is 14.3 Å². The van der Waals surface area contributed by atoms with Gasteiger partial charge in [0, 0.05) is 15.8 Å². The highest BCUT2D eigenvalue weighted by Crippen LogP contribution is 2.31. The lowest BCUT2D eigenvalue weighted by Gasteiger charge is -2.15. The quantitative estimate of drug-likeness (QED) is 0.599. The largest absolute Gasteiger partial charge is 0.453 e. The number of rotatable bonds is 4. The molecule has 0 atom stereocenters. The monoisotopic (exact) mass is 390 g/mol. The minimum absolute atomic E-state index is 0.115. The van der Waals surface area contributed by atoms with Gasteiger partial charge in [-0.3, -0.25) is 4.79 Å². The van der Waals surface area contributed by atoms with Gasteiger partial charge in [0.15, 0.2) is 12.4 Å². The van der Waals surface area contributed by atoms with Crippen LogP contribution >= 0.6 is 22.9 Å². The average molecular weight is 391 g/mol. The summed E-state index contributed by atoms with van der Waals surface area (Å²) >= 11 is 7.24. The van der Waals surface area contributed by atoms with Crippen molar-refractivity contribution >= 4 is 44.9 Å². The molecule has 0 amide bonds. The number of nitrogens with zero attached hydrogens (tertiary/aromatic N) is 2. The van der Waals surface area contributed by atoms with Gasteiger partial charge in [-0.05, 0) is 37.3 Å². The Morgan fingerprint density at radius 2 is 1.88 bits per heavy atom. The number of aryl methyl sites for hydroxylation is 1. The Bertz CT molecular complexity index is 981. The third-order valence-corrected chi connectivity index (χ3v) is 5.33. The highest BCUT2D eigenvalue weighted by Gasteiger charge is 2.24. The Morgan fingerprint density at radius 3 is 2.50 bits per heavy atom. The van der Waals surface area contributed by atoms with Crippen LogP contribution in [0.15, 0.2) is 30.3 Å². The van der Waals surface area contributed by atoms with Gasteiger partial charge in [-0.15, -0.1) is 11.3 Å². The summed E-state index contributed by atoms with van der Waals surface area (Å²) in [6.07, 6.45) is 0. The molecule has 0 aliphatic carbocycles. The molecule has 0 aliphatic rings. The van der Waals surface area contributed by atoms with Gasteiger partial charge in [0.25, 0.3) is 0 Å². The van der Waals surface area contributed by atoms with Crippen molar-refractivity contribution in [3.63, 3.8) is 0 Å². The number of esters is 1. The third kappa shape index (κ3) is 3.66. The van der Waals surface area contributed by atoms with Gasteiger partial charge < -0.3 is 4.74 Å². The molecule has 2 heterocycles. The van der Waals surface area contributed by atoms with Crippen molar-refractivity contribution in [2.75, 3.05) is 6.61 Å². The van der Waals surface area contributed by atoms with Crippen LogP contribution in [-0.2, 0) is 9.53 Å². The van der Waals surface area contributed by atoms with Gasteiger partial charge in [0.05, 0.1) is 11.4 Å². The van der Waals surface area contributed by atoms with E-state index in [4.69, 9.17) is 16.3 Å². The molecule has 3 rings (SSSR count). The summed E-state index contributed by atoms with van der Waals surface area (Å²) in [4.78, 5) is 25.6. The second-order valence-electron chi connectivity index (χ2n) is 7.05. The first kappa shape index (κ1) is 18.6. The number of ether oxygens (including phenoxy) is 1. The molecule has 1 aromatic carbocycles. The molecule has 0 N–H and O–H groups in total. The summed E-state index contributed by atoms with van der Waals surface area (Å²) in [7, 11) is 0. The van der Waals surface area contributed by atoms with Crippen LogP contribution in [0, 0.1) is 12.3 Å². The SMILES string of the molecule is Cc1nn(-c2ccc(Cl)cc2)c2sc(C(=O)OCC(=O)C(C)(C)C)cc12. The molecule has 0 radical (unpaired) electrons. The van der Waals surface area contributed by atoms with E-state index in [0.29, 0.717) is 9.90 Å². The number of fused-ring (bicyclic) bond motifs is 1. The normalized spacial score (nSPS) is 11.7. The van der Waals surface area contributed by atoms with Crippen molar-refractivity contribution in [1.82, 2.24) is 9.78 Å². The van der Waals surface area contributed by atoms with E-state index < -0.39 is 11.4 Å². The highest BCUT2D eigenvalue weighted by molar-refractivity contribution is 7.20. The minimum Gasteiger partial charge on any atom is -0.453 e. The smallest absolute Gasteiger partial charge is 0.348 e. The van der Waals surface area contributed by atoms with Crippen LogP contribution in [0.25, 0.3) is 15.9 Å². The lowest BCUT2D eigenvalue weighted by Crippen LogP contribution is -2.26. The molecule has 0 unspecified atom stereocenters. The number of carbonyl (C=O) groups excluding carboxylic acids is 2. The topological polar surface area (TPSA) is 61.2 Å². The van der Waals surface area contributed by atoms with Crippen LogP contribution in [-0.4, -0.2) is 28.1 Å². The van der Waals surface area contributed by atoms with Crippen LogP contribution in [0.3, 0.4) is 0 Å². The van der Waals surface area contributed by atoms with E-state index in [-0.39, 0.29) is 12.4 Å². The van der Waals surface area contributed by atoms with E-state index in [1.165, 1.54) is 11.3 Å². The Hall–Kier alpha value is -2.18. The van der Waals surface area contributed by atoms with Gasteiger partial charge in [0.1, 0.15) is 9.71 Å². The zero-order chi connectivity index (χ0) is 19.1. The Kier molecular flexibility index (Phi) is 4.90. The molecule has 7 heteroatoms. The predicted molar refractivity (Wildman–Crippen MR) is 103 cm³/mol. The van der Waals surface area contributed by atoms with Gasteiger partial charge in [0.2, 0.25) is 0 Å². The zero-order valence-electron chi connectivity index (χ0n) is 15.0. The fourth-order valence-electron chi connectivity index (χ4n) is 2.32. The number of benzene rings is 1. The first-order valence-electron chi connectivity index (χ1n) is 8.12. The van der Waals surface area contributed by atoms with E-state index >= 15 is 0 Å². The molecule has 0 spiro atoms. The Labute approximate surface area is 160 Å². The molecule has 2 aromatic heterocycles. The summed E-state index contributed by atoms with van der Waals surface area (Å²) in [5, 5.41) is 6.07. The van der Waals surface area contributed by atoms with E-state index in [9.17, 15) is 9.59 Å². The third-order valence-electron chi connectivity index (χ3n) is 3.99. The maximum absolute atomic E-state index is 12.3. The number of thiophene rings is 1. The summed E-state index contributed by atoms with van der Waals surface area (Å²) in [5.74, 6) is -0.610. The first-order valence-corrected chi connectivity index (χ1v) is 9.32. The molecule has 0 bridgehead atoms. The van der Waals surface area contributed by atoms with Crippen LogP contribution in [0.4, 0.5) is 0 Å². The molecule has 0 fully saturated rings. The molecule has 26 heavy (non-hydrogen) atoms. The van der Waals surface area contributed by atoms with Gasteiger partial charge in [-0.1, -0.05) is 32.4 Å². The van der Waals surface area contributed by atoms with Gasteiger partial charge >= 0.3 is 5.97 Å². The zero-order valence-corrected chi connectivity index (χ0v) is 16.6. The summed E-state index contributed by atoms with van der Waals surface area (Å²) in [5.41, 5.74) is 1.14. The molecular weight excluding hydrogens is 372 g/mol. The highest BCUT2D eigenvalue weighted by atomic mass is 35.5. The van der Waals surface area contributed by atoms with E-state index in [1.54, 1.807) is 43.7 Å². The van der Waals surface area contributed by atoms with E-state index in [1.807, 2.05) is 19.1 Å². The van der Waals surface area contributed by atoms with E-state index in [0.717, 1.165) is 21.6 Å². The summed E-state index contributed by atoms with van der Waals surface area (Å²) in [6, 6.07) is 9.09. The standard InChI is InChI=1S/C19H19ClN2O3S/c1-11-14-9-15(18(24)25-10-16(23)19(2,3)4)26-17(14)22(21-11)13-7-5-12(20)6-8-13/h5-9H,10H2,1-4H3. The number of hydrogen-bond acceptors (Lipinski definition) is 5. The fourth-order valence-corrected chi connectivity index (χ4v) is 3.53. The molecule has 0 aliphatic heterocycles. The maximum atomic E-state index is 12.3. The second-order valence-corrected chi connectivity index (χ2v) is 8.52.